The van der Waals surface area contributed by atoms with E-state index in [1.54, 1.807) is 40.9 Å². The quantitative estimate of drug-likeness (QED) is 0.299. The number of nitrogen functional groups attached to an aromatic ring is 1. The Balaban J connectivity index is 1.70. The fourth-order valence-electron chi connectivity index (χ4n) is 2.16. The number of anilines is 1. The summed E-state index contributed by atoms with van der Waals surface area (Å²) in [4.78, 5) is 14.4. The van der Waals surface area contributed by atoms with Crippen LogP contribution >= 0.6 is 46.5 Å². The van der Waals surface area contributed by atoms with Crippen molar-refractivity contribution in [3.8, 4) is 0 Å². The molecule has 0 aliphatic rings. The average molecular weight is 383 g/mol. The number of aromatic nitrogens is 3. The van der Waals surface area contributed by atoms with Gasteiger partial charge in [-0.2, -0.15) is 0 Å². The molecule has 3 heterocycles. The number of thiophene rings is 1. The molecule has 0 atom stereocenters. The van der Waals surface area contributed by atoms with Crippen molar-refractivity contribution in [1.82, 2.24) is 15.0 Å². The number of aryl methyl sites for hydroxylation is 2. The van der Waals surface area contributed by atoms with Crippen LogP contribution in [0.25, 0.3) is 10.1 Å². The van der Waals surface area contributed by atoms with Crippen LogP contribution in [0.3, 0.4) is 0 Å². The molecule has 0 bridgehead atoms. The van der Waals surface area contributed by atoms with E-state index in [1.165, 1.54) is 4.88 Å². The molecule has 120 valence electrons. The molecule has 0 aliphatic heterocycles. The highest BCUT2D eigenvalue weighted by Crippen LogP contribution is 2.31. The summed E-state index contributed by atoms with van der Waals surface area (Å²) >= 11 is 11.1. The predicted octanol–water partition coefficient (Wildman–Crippen LogP) is 4.69. The summed E-state index contributed by atoms with van der Waals surface area (Å²) in [6.07, 6.45) is 2.78. The molecule has 0 saturated heterocycles. The van der Waals surface area contributed by atoms with Crippen molar-refractivity contribution in [2.45, 2.75) is 23.5 Å². The Hall–Kier alpha value is -1.02. The molecule has 3 aromatic rings. The van der Waals surface area contributed by atoms with Gasteiger partial charge in [0.2, 0.25) is 0 Å². The molecule has 3 aromatic heterocycles. The summed E-state index contributed by atoms with van der Waals surface area (Å²) in [7, 11) is 0. The van der Waals surface area contributed by atoms with E-state index in [4.69, 9.17) is 17.3 Å². The second-order valence-corrected chi connectivity index (χ2v) is 8.40. The zero-order chi connectivity index (χ0) is 16.4. The second-order valence-electron chi connectivity index (χ2n) is 4.90. The van der Waals surface area contributed by atoms with Gasteiger partial charge >= 0.3 is 0 Å². The molecular weight excluding hydrogens is 368 g/mol. The maximum Gasteiger partial charge on any atom is 0.190 e. The number of hydrogen-bond acceptors (Lipinski definition) is 7. The van der Waals surface area contributed by atoms with Gasteiger partial charge in [0.25, 0.3) is 0 Å². The van der Waals surface area contributed by atoms with Gasteiger partial charge in [-0.25, -0.2) is 15.0 Å². The lowest BCUT2D eigenvalue weighted by atomic mass is 10.2. The van der Waals surface area contributed by atoms with Crippen molar-refractivity contribution in [3.05, 3.63) is 33.9 Å². The monoisotopic (exact) mass is 382 g/mol. The highest BCUT2D eigenvalue weighted by Gasteiger charge is 2.08. The first-order chi connectivity index (χ1) is 11.0. The summed E-state index contributed by atoms with van der Waals surface area (Å²) < 4.78 is 1.06. The summed E-state index contributed by atoms with van der Waals surface area (Å²) in [5.74, 6) is 1.33. The lowest BCUT2D eigenvalue weighted by Gasteiger charge is -2.04. The Kier molecular flexibility index (Phi) is 5.31. The van der Waals surface area contributed by atoms with Crippen molar-refractivity contribution < 1.29 is 0 Å². The van der Waals surface area contributed by atoms with Gasteiger partial charge in [0.05, 0.1) is 4.70 Å². The van der Waals surface area contributed by atoms with Crippen molar-refractivity contribution in [2.24, 2.45) is 0 Å². The minimum absolute atomic E-state index is 0.503. The van der Waals surface area contributed by atoms with Crippen molar-refractivity contribution >= 4 is 62.4 Å². The van der Waals surface area contributed by atoms with Crippen molar-refractivity contribution in [2.75, 3.05) is 17.7 Å². The highest BCUT2D eigenvalue weighted by molar-refractivity contribution is 7.99. The molecule has 0 unspecified atom stereocenters. The van der Waals surface area contributed by atoms with E-state index in [0.717, 1.165) is 33.0 Å². The van der Waals surface area contributed by atoms with Gasteiger partial charge in [0.15, 0.2) is 5.16 Å². The first-order valence-electron chi connectivity index (χ1n) is 6.92. The van der Waals surface area contributed by atoms with Gasteiger partial charge in [-0.1, -0.05) is 23.4 Å². The topological polar surface area (TPSA) is 64.7 Å². The fraction of sp³-hybridized carbons (Fsp3) is 0.267. The summed E-state index contributed by atoms with van der Waals surface area (Å²) in [5, 5.41) is 3.34. The number of nitrogens with two attached hydrogens (primary N) is 1. The van der Waals surface area contributed by atoms with Crippen LogP contribution in [0.4, 0.5) is 5.82 Å². The molecule has 2 N–H and O–H groups in total. The van der Waals surface area contributed by atoms with Crippen molar-refractivity contribution in [3.63, 3.8) is 0 Å². The van der Waals surface area contributed by atoms with Crippen molar-refractivity contribution in [1.29, 1.82) is 0 Å². The molecular formula is C15H15ClN4S3. The van der Waals surface area contributed by atoms with Crippen LogP contribution < -0.4 is 5.73 Å². The minimum atomic E-state index is 0.503. The maximum absolute atomic E-state index is 6.28. The Bertz CT molecular complexity index is 850. The molecule has 23 heavy (non-hydrogen) atoms. The first-order valence-corrected chi connectivity index (χ1v) is 10.3. The Morgan fingerprint density at radius 2 is 2.04 bits per heavy atom. The smallest absolute Gasteiger partial charge is 0.190 e. The van der Waals surface area contributed by atoms with Crippen LogP contribution in [0.2, 0.25) is 5.15 Å². The van der Waals surface area contributed by atoms with Crippen LogP contribution in [0.5, 0.6) is 0 Å². The minimum Gasteiger partial charge on any atom is -0.384 e. The van der Waals surface area contributed by atoms with Gasteiger partial charge in [0, 0.05) is 22.4 Å². The largest absolute Gasteiger partial charge is 0.384 e. The number of fused-ring (bicyclic) bond motifs is 1. The second kappa shape index (κ2) is 7.25. The molecule has 0 saturated carbocycles. The molecule has 0 fully saturated rings. The Morgan fingerprint density at radius 3 is 2.83 bits per heavy atom. The molecule has 0 aliphatic carbocycles. The molecule has 4 nitrogen and oxygen atoms in total. The third-order valence-electron chi connectivity index (χ3n) is 3.14. The maximum atomic E-state index is 6.28. The Morgan fingerprint density at radius 1 is 1.22 bits per heavy atom. The van der Waals surface area contributed by atoms with Gasteiger partial charge in [-0.05, 0) is 37.1 Å². The molecule has 3 rings (SSSR count). The summed E-state index contributed by atoms with van der Waals surface area (Å²) in [5.41, 5.74) is 6.78. The van der Waals surface area contributed by atoms with E-state index in [2.05, 4.69) is 34.0 Å². The standard InChI is InChI=1S/C15H15ClN4S3/c1-8-5-9-6-10(18-14(16)13(9)23-8)3-4-22-15-19-11(17)7-12(20-15)21-2/h5-7H,3-4H2,1-2H3,(H2,17,19,20). The number of pyridine rings is 1. The van der Waals surface area contributed by atoms with E-state index >= 15 is 0 Å². The highest BCUT2D eigenvalue weighted by atomic mass is 35.5. The predicted molar refractivity (Wildman–Crippen MR) is 102 cm³/mol. The van der Waals surface area contributed by atoms with Gasteiger partial charge < -0.3 is 5.73 Å². The molecule has 0 spiro atoms. The zero-order valence-corrected chi connectivity index (χ0v) is 15.9. The molecule has 0 radical (unpaired) electrons. The van der Waals surface area contributed by atoms with Crippen LogP contribution in [0.15, 0.2) is 28.4 Å². The summed E-state index contributed by atoms with van der Waals surface area (Å²) in [6.45, 7) is 2.08. The van der Waals surface area contributed by atoms with Crippen LogP contribution in [0, 0.1) is 6.92 Å². The van der Waals surface area contributed by atoms with E-state index in [0.29, 0.717) is 16.1 Å². The molecule has 0 amide bonds. The third kappa shape index (κ3) is 4.09. The number of thioether (sulfide) groups is 2. The van der Waals surface area contributed by atoms with E-state index in [1.807, 2.05) is 6.26 Å². The number of hydrogen-bond donors (Lipinski definition) is 1. The zero-order valence-electron chi connectivity index (χ0n) is 12.7. The SMILES string of the molecule is CSc1cc(N)nc(SCCc2cc3cc(C)sc3c(Cl)n2)n1. The average Bonchev–Trinajstić information content (AvgIpc) is 2.87. The number of nitrogens with zero attached hydrogens (tertiary/aromatic N) is 3. The summed E-state index contributed by atoms with van der Waals surface area (Å²) in [6, 6.07) is 6.04. The van der Waals surface area contributed by atoms with E-state index in [-0.39, 0.29) is 0 Å². The van der Waals surface area contributed by atoms with Crippen LogP contribution in [-0.4, -0.2) is 27.0 Å². The molecule has 8 heteroatoms. The normalized spacial score (nSPS) is 11.3. The van der Waals surface area contributed by atoms with Gasteiger partial charge in [-0.15, -0.1) is 23.1 Å². The van der Waals surface area contributed by atoms with Crippen LogP contribution in [-0.2, 0) is 6.42 Å². The first kappa shape index (κ1) is 16.8. The third-order valence-corrected chi connectivity index (χ3v) is 6.07. The lowest BCUT2D eigenvalue weighted by Crippen LogP contribution is -1.98. The van der Waals surface area contributed by atoms with E-state index < -0.39 is 0 Å². The van der Waals surface area contributed by atoms with Crippen LogP contribution in [0.1, 0.15) is 10.6 Å². The van der Waals surface area contributed by atoms with E-state index in [9.17, 15) is 0 Å². The van der Waals surface area contributed by atoms with Gasteiger partial charge in [-0.3, -0.25) is 0 Å². The Labute approximate surface area is 152 Å². The lowest BCUT2D eigenvalue weighted by molar-refractivity contribution is 0.898. The number of halogens is 1. The fourth-order valence-corrected chi connectivity index (χ4v) is 4.66. The van der Waals surface area contributed by atoms with Gasteiger partial charge in [0.1, 0.15) is 16.0 Å². The molecule has 0 aromatic carbocycles. The number of rotatable bonds is 5.